The fourth-order valence-corrected chi connectivity index (χ4v) is 2.35. The average Bonchev–Trinajstić information content (AvgIpc) is 2.48. The monoisotopic (exact) mass is 276 g/mol. The van der Waals surface area contributed by atoms with Gasteiger partial charge in [0.05, 0.1) is 5.92 Å². The Morgan fingerprint density at radius 1 is 1.45 bits per heavy atom. The summed E-state index contributed by atoms with van der Waals surface area (Å²) >= 11 is 0. The summed E-state index contributed by atoms with van der Waals surface area (Å²) in [6.45, 7) is 7.84. The first-order valence-corrected chi connectivity index (χ1v) is 7.36. The molecule has 20 heavy (non-hydrogen) atoms. The van der Waals surface area contributed by atoms with Crippen LogP contribution in [0.15, 0.2) is 18.5 Å². The summed E-state index contributed by atoms with van der Waals surface area (Å²) in [4.78, 5) is 23.0. The van der Waals surface area contributed by atoms with Gasteiger partial charge in [-0.05, 0) is 39.2 Å². The molecule has 0 aliphatic carbocycles. The van der Waals surface area contributed by atoms with E-state index in [1.807, 2.05) is 0 Å². The zero-order valence-electron chi connectivity index (χ0n) is 12.6. The zero-order valence-corrected chi connectivity index (χ0v) is 12.6. The molecule has 2 heterocycles. The Bertz CT molecular complexity index is 446. The van der Waals surface area contributed by atoms with Gasteiger partial charge in [0.2, 0.25) is 11.9 Å². The van der Waals surface area contributed by atoms with Crippen molar-refractivity contribution in [2.45, 2.75) is 45.6 Å². The van der Waals surface area contributed by atoms with Crippen LogP contribution in [0.2, 0.25) is 0 Å². The van der Waals surface area contributed by atoms with Crippen molar-refractivity contribution >= 4 is 11.9 Å². The molecule has 1 aliphatic rings. The Morgan fingerprint density at radius 2 is 2.15 bits per heavy atom. The summed E-state index contributed by atoms with van der Waals surface area (Å²) in [6.07, 6.45) is 6.35. The highest BCUT2D eigenvalue weighted by molar-refractivity contribution is 5.80. The Hall–Kier alpha value is -1.65. The van der Waals surface area contributed by atoms with Crippen molar-refractivity contribution in [2.75, 3.05) is 18.0 Å². The van der Waals surface area contributed by atoms with Crippen LogP contribution in [-0.2, 0) is 4.79 Å². The van der Waals surface area contributed by atoms with E-state index in [2.05, 4.69) is 41.0 Å². The third-order valence-corrected chi connectivity index (χ3v) is 3.97. The lowest BCUT2D eigenvalue weighted by molar-refractivity contribution is -0.126. The molecule has 0 radical (unpaired) electrons. The van der Waals surface area contributed by atoms with Crippen LogP contribution in [0.3, 0.4) is 0 Å². The van der Waals surface area contributed by atoms with Gasteiger partial charge in [0.15, 0.2) is 0 Å². The van der Waals surface area contributed by atoms with E-state index in [-0.39, 0.29) is 17.4 Å². The molecular weight excluding hydrogens is 252 g/mol. The maximum Gasteiger partial charge on any atom is 0.225 e. The van der Waals surface area contributed by atoms with Crippen LogP contribution in [0.4, 0.5) is 5.95 Å². The van der Waals surface area contributed by atoms with E-state index in [0.717, 1.165) is 31.8 Å². The van der Waals surface area contributed by atoms with Crippen LogP contribution >= 0.6 is 0 Å². The fraction of sp³-hybridized carbons (Fsp3) is 0.667. The summed E-state index contributed by atoms with van der Waals surface area (Å²) in [5.41, 5.74) is -0.136. The maximum absolute atomic E-state index is 12.4. The Labute approximate surface area is 120 Å². The minimum absolute atomic E-state index is 0.0263. The summed E-state index contributed by atoms with van der Waals surface area (Å²) < 4.78 is 0. The van der Waals surface area contributed by atoms with Crippen LogP contribution < -0.4 is 10.2 Å². The highest BCUT2D eigenvalue weighted by Gasteiger charge is 2.29. The van der Waals surface area contributed by atoms with Crippen molar-refractivity contribution in [1.29, 1.82) is 0 Å². The molecule has 1 aromatic rings. The molecule has 0 bridgehead atoms. The Balaban J connectivity index is 1.98. The topological polar surface area (TPSA) is 58.1 Å². The lowest BCUT2D eigenvalue weighted by atomic mass is 9.94. The van der Waals surface area contributed by atoms with Crippen molar-refractivity contribution in [2.24, 2.45) is 5.92 Å². The molecule has 0 aromatic carbocycles. The van der Waals surface area contributed by atoms with E-state index >= 15 is 0 Å². The first kappa shape index (κ1) is 14.8. The third kappa shape index (κ3) is 3.68. The van der Waals surface area contributed by atoms with E-state index in [4.69, 9.17) is 0 Å². The van der Waals surface area contributed by atoms with E-state index in [1.54, 1.807) is 18.5 Å². The van der Waals surface area contributed by atoms with Crippen molar-refractivity contribution in [3.63, 3.8) is 0 Å². The number of nitrogens with zero attached hydrogens (tertiary/aromatic N) is 3. The van der Waals surface area contributed by atoms with Gasteiger partial charge in [-0.15, -0.1) is 0 Å². The second kappa shape index (κ2) is 6.20. The normalized spacial score (nSPS) is 19.8. The fourth-order valence-electron chi connectivity index (χ4n) is 2.35. The highest BCUT2D eigenvalue weighted by Crippen LogP contribution is 2.21. The molecule has 1 aromatic heterocycles. The molecule has 0 saturated carbocycles. The smallest absolute Gasteiger partial charge is 0.225 e. The van der Waals surface area contributed by atoms with Crippen molar-refractivity contribution in [3.05, 3.63) is 18.5 Å². The second-order valence-electron chi connectivity index (χ2n) is 6.06. The summed E-state index contributed by atoms with van der Waals surface area (Å²) in [7, 11) is 0. The molecule has 110 valence electrons. The molecular formula is C15H24N4O. The van der Waals surface area contributed by atoms with Crippen LogP contribution in [0.5, 0.6) is 0 Å². The molecule has 2 rings (SSSR count). The SMILES string of the molecule is CCC(C)(C)NC(=O)C1CCCN(c2ncccn2)C1. The molecule has 1 fully saturated rings. The van der Waals surface area contributed by atoms with E-state index in [9.17, 15) is 4.79 Å². The minimum atomic E-state index is -0.136. The zero-order chi connectivity index (χ0) is 14.6. The largest absolute Gasteiger partial charge is 0.351 e. The third-order valence-electron chi connectivity index (χ3n) is 3.97. The molecule has 1 unspecified atom stereocenters. The van der Waals surface area contributed by atoms with Gasteiger partial charge in [-0.25, -0.2) is 9.97 Å². The van der Waals surface area contributed by atoms with Gasteiger partial charge >= 0.3 is 0 Å². The molecule has 1 N–H and O–H groups in total. The number of amides is 1. The van der Waals surface area contributed by atoms with Crippen molar-refractivity contribution in [3.8, 4) is 0 Å². The average molecular weight is 276 g/mol. The molecule has 5 nitrogen and oxygen atoms in total. The summed E-state index contributed by atoms with van der Waals surface area (Å²) in [6, 6.07) is 1.81. The van der Waals surface area contributed by atoms with Gasteiger partial charge in [0.25, 0.3) is 0 Å². The number of piperidine rings is 1. The van der Waals surface area contributed by atoms with Crippen LogP contribution in [-0.4, -0.2) is 34.5 Å². The quantitative estimate of drug-likeness (QED) is 0.914. The number of carbonyl (C=O) groups excluding carboxylic acids is 1. The number of hydrogen-bond donors (Lipinski definition) is 1. The first-order chi connectivity index (χ1) is 9.52. The Morgan fingerprint density at radius 3 is 2.80 bits per heavy atom. The summed E-state index contributed by atoms with van der Waals surface area (Å²) in [5.74, 6) is 0.899. The van der Waals surface area contributed by atoms with Gasteiger partial charge in [-0.3, -0.25) is 4.79 Å². The first-order valence-electron chi connectivity index (χ1n) is 7.36. The molecule has 1 saturated heterocycles. The van der Waals surface area contributed by atoms with Gasteiger partial charge in [-0.2, -0.15) is 0 Å². The van der Waals surface area contributed by atoms with E-state index in [0.29, 0.717) is 6.54 Å². The highest BCUT2D eigenvalue weighted by atomic mass is 16.2. The van der Waals surface area contributed by atoms with Gasteiger partial charge < -0.3 is 10.2 Å². The number of nitrogens with one attached hydrogen (secondary N) is 1. The van der Waals surface area contributed by atoms with Crippen molar-refractivity contribution in [1.82, 2.24) is 15.3 Å². The number of carbonyl (C=O) groups is 1. The molecule has 1 atom stereocenters. The molecule has 5 heteroatoms. The predicted molar refractivity (Wildman–Crippen MR) is 79.5 cm³/mol. The summed E-state index contributed by atoms with van der Waals surface area (Å²) in [5, 5.41) is 3.14. The van der Waals surface area contributed by atoms with Crippen LogP contribution in [0, 0.1) is 5.92 Å². The van der Waals surface area contributed by atoms with Crippen LogP contribution in [0.1, 0.15) is 40.0 Å². The number of anilines is 1. The number of rotatable bonds is 4. The molecule has 0 spiro atoms. The Kier molecular flexibility index (Phi) is 4.57. The second-order valence-corrected chi connectivity index (χ2v) is 6.06. The standard InChI is InChI=1S/C15H24N4O/c1-4-15(2,3)18-13(20)12-7-5-10-19(11-12)14-16-8-6-9-17-14/h6,8-9,12H,4-5,7,10-11H2,1-3H3,(H,18,20). The minimum Gasteiger partial charge on any atom is -0.351 e. The number of aromatic nitrogens is 2. The van der Waals surface area contributed by atoms with Gasteiger partial charge in [-0.1, -0.05) is 6.92 Å². The van der Waals surface area contributed by atoms with E-state index in [1.165, 1.54) is 0 Å². The van der Waals surface area contributed by atoms with Gasteiger partial charge in [0, 0.05) is 31.0 Å². The molecule has 1 amide bonds. The lowest BCUT2D eigenvalue weighted by Gasteiger charge is -2.34. The maximum atomic E-state index is 12.4. The van der Waals surface area contributed by atoms with Crippen molar-refractivity contribution < 1.29 is 4.79 Å². The number of hydrogen-bond acceptors (Lipinski definition) is 4. The lowest BCUT2D eigenvalue weighted by Crippen LogP contribution is -2.50. The van der Waals surface area contributed by atoms with Gasteiger partial charge in [0.1, 0.15) is 0 Å². The molecule has 1 aliphatic heterocycles. The van der Waals surface area contributed by atoms with Crippen LogP contribution in [0.25, 0.3) is 0 Å². The van der Waals surface area contributed by atoms with E-state index < -0.39 is 0 Å². The predicted octanol–water partition coefficient (Wildman–Crippen LogP) is 2.00.